The molecule has 0 aliphatic carbocycles. The average Bonchev–Trinajstić information content (AvgIpc) is 2.83. The molecule has 2 aromatic carbocycles. The first-order valence-electron chi connectivity index (χ1n) is 6.28. The minimum Gasteiger partial charge on any atom is -0.487 e. The molecule has 0 atom stereocenters. The monoisotopic (exact) mass is 252 g/mol. The van der Waals surface area contributed by atoms with Gasteiger partial charge in [-0.05, 0) is 31.2 Å². The lowest BCUT2D eigenvalue weighted by atomic mass is 10.2. The summed E-state index contributed by atoms with van der Waals surface area (Å²) in [5.74, 6) is 0.872. The van der Waals surface area contributed by atoms with Gasteiger partial charge in [-0.15, -0.1) is 0 Å². The molecule has 3 aromatic rings. The van der Waals surface area contributed by atoms with Crippen LogP contribution in [0.15, 0.2) is 48.5 Å². The van der Waals surface area contributed by atoms with Crippen LogP contribution in [0.3, 0.4) is 0 Å². The van der Waals surface area contributed by atoms with E-state index in [-0.39, 0.29) is 0 Å². The fourth-order valence-corrected chi connectivity index (χ4v) is 2.11. The summed E-state index contributed by atoms with van der Waals surface area (Å²) in [5, 5.41) is 1.11. The second kappa shape index (κ2) is 4.69. The van der Waals surface area contributed by atoms with E-state index in [0.29, 0.717) is 6.61 Å². The van der Waals surface area contributed by atoms with Crippen LogP contribution in [0.1, 0.15) is 11.3 Å². The molecule has 0 fully saturated rings. The van der Waals surface area contributed by atoms with Gasteiger partial charge in [-0.3, -0.25) is 0 Å². The van der Waals surface area contributed by atoms with Gasteiger partial charge in [-0.1, -0.05) is 29.8 Å². The summed E-state index contributed by atoms with van der Waals surface area (Å²) in [7, 11) is 0. The van der Waals surface area contributed by atoms with Crippen molar-refractivity contribution in [2.24, 2.45) is 0 Å². The van der Waals surface area contributed by atoms with Gasteiger partial charge < -0.3 is 15.5 Å². The number of anilines is 1. The Morgan fingerprint density at radius 3 is 2.63 bits per heavy atom. The third kappa shape index (κ3) is 2.40. The molecular weight excluding hydrogens is 236 g/mol. The number of fused-ring (bicyclic) bond motifs is 1. The summed E-state index contributed by atoms with van der Waals surface area (Å²) in [4.78, 5) is 3.30. The lowest BCUT2D eigenvalue weighted by molar-refractivity contribution is 0.302. The normalized spacial score (nSPS) is 10.8. The van der Waals surface area contributed by atoms with Crippen LogP contribution < -0.4 is 10.5 Å². The van der Waals surface area contributed by atoms with Gasteiger partial charge in [-0.25, -0.2) is 0 Å². The van der Waals surface area contributed by atoms with Crippen molar-refractivity contribution in [3.8, 4) is 5.75 Å². The van der Waals surface area contributed by atoms with E-state index < -0.39 is 0 Å². The molecule has 0 aliphatic heterocycles. The Hall–Kier alpha value is -2.42. The molecule has 3 rings (SSSR count). The largest absolute Gasteiger partial charge is 0.487 e. The molecule has 1 heterocycles. The molecule has 1 aromatic heterocycles. The Kier molecular flexibility index (Phi) is 2.88. The number of aromatic amines is 1. The van der Waals surface area contributed by atoms with Crippen LogP contribution >= 0.6 is 0 Å². The molecule has 0 spiro atoms. The minimum absolute atomic E-state index is 0.511. The Labute approximate surface area is 112 Å². The number of benzene rings is 2. The van der Waals surface area contributed by atoms with E-state index in [0.717, 1.165) is 28.0 Å². The van der Waals surface area contributed by atoms with Gasteiger partial charge in [0, 0.05) is 5.39 Å². The number of nitrogens with one attached hydrogen (secondary N) is 1. The lowest BCUT2D eigenvalue weighted by Gasteiger charge is -2.04. The van der Waals surface area contributed by atoms with Crippen LogP contribution in [0.25, 0.3) is 10.9 Å². The van der Waals surface area contributed by atoms with Gasteiger partial charge in [0.15, 0.2) is 0 Å². The second-order valence-electron chi connectivity index (χ2n) is 4.71. The number of hydrogen-bond acceptors (Lipinski definition) is 2. The van der Waals surface area contributed by atoms with E-state index in [1.165, 1.54) is 5.56 Å². The van der Waals surface area contributed by atoms with Gasteiger partial charge in [0.25, 0.3) is 0 Å². The third-order valence-corrected chi connectivity index (χ3v) is 3.16. The van der Waals surface area contributed by atoms with Gasteiger partial charge in [0.05, 0.1) is 16.9 Å². The molecule has 96 valence electrons. The molecule has 0 radical (unpaired) electrons. The van der Waals surface area contributed by atoms with E-state index in [4.69, 9.17) is 10.5 Å². The molecule has 0 amide bonds. The smallest absolute Gasteiger partial charge is 0.128 e. The average molecular weight is 252 g/mol. The van der Waals surface area contributed by atoms with Crippen LogP contribution in [0, 0.1) is 6.92 Å². The fourth-order valence-electron chi connectivity index (χ4n) is 2.11. The Morgan fingerprint density at radius 2 is 1.89 bits per heavy atom. The summed E-state index contributed by atoms with van der Waals surface area (Å²) in [6, 6.07) is 16.0. The zero-order chi connectivity index (χ0) is 13.2. The van der Waals surface area contributed by atoms with Crippen molar-refractivity contribution in [2.45, 2.75) is 13.5 Å². The molecular formula is C16H16N2O. The van der Waals surface area contributed by atoms with Gasteiger partial charge >= 0.3 is 0 Å². The van der Waals surface area contributed by atoms with Crippen molar-refractivity contribution in [3.05, 3.63) is 59.8 Å². The van der Waals surface area contributed by atoms with E-state index in [9.17, 15) is 0 Å². The number of hydrogen-bond donors (Lipinski definition) is 2. The fraction of sp³-hybridized carbons (Fsp3) is 0.125. The zero-order valence-electron chi connectivity index (χ0n) is 10.8. The number of H-pyrrole nitrogens is 1. The van der Waals surface area contributed by atoms with Crippen molar-refractivity contribution in [2.75, 3.05) is 5.73 Å². The highest BCUT2D eigenvalue weighted by Gasteiger charge is 2.03. The van der Waals surface area contributed by atoms with Crippen molar-refractivity contribution in [3.63, 3.8) is 0 Å². The van der Waals surface area contributed by atoms with E-state index >= 15 is 0 Å². The lowest BCUT2D eigenvalue weighted by Crippen LogP contribution is -1.95. The van der Waals surface area contributed by atoms with Gasteiger partial charge in [0.1, 0.15) is 12.4 Å². The quantitative estimate of drug-likeness (QED) is 0.699. The molecule has 0 bridgehead atoms. The maximum absolute atomic E-state index is 5.92. The number of nitrogens with two attached hydrogens (primary N) is 1. The first-order chi connectivity index (χ1) is 9.22. The SMILES string of the molecule is Cc1ccc(OCc2cc3cccc(N)c3[nH]2)cc1. The highest BCUT2D eigenvalue weighted by atomic mass is 16.5. The van der Waals surface area contributed by atoms with Crippen LogP contribution in [-0.2, 0) is 6.61 Å². The molecule has 0 saturated heterocycles. The molecule has 3 N–H and O–H groups in total. The van der Waals surface area contributed by atoms with Crippen LogP contribution in [0.4, 0.5) is 5.69 Å². The number of rotatable bonds is 3. The predicted octanol–water partition coefficient (Wildman–Crippen LogP) is 3.64. The topological polar surface area (TPSA) is 51.0 Å². The molecule has 3 heteroatoms. The molecule has 0 aliphatic rings. The van der Waals surface area contributed by atoms with Crippen molar-refractivity contribution in [1.82, 2.24) is 4.98 Å². The van der Waals surface area contributed by atoms with Crippen molar-refractivity contribution >= 4 is 16.6 Å². The van der Waals surface area contributed by atoms with Crippen LogP contribution in [-0.4, -0.2) is 4.98 Å². The molecule has 19 heavy (non-hydrogen) atoms. The van der Waals surface area contributed by atoms with Crippen molar-refractivity contribution in [1.29, 1.82) is 0 Å². The van der Waals surface area contributed by atoms with Crippen molar-refractivity contribution < 1.29 is 4.74 Å². The van der Waals surface area contributed by atoms with E-state index in [1.54, 1.807) is 0 Å². The molecule has 3 nitrogen and oxygen atoms in total. The number of nitrogen functional groups attached to an aromatic ring is 1. The maximum atomic E-state index is 5.92. The summed E-state index contributed by atoms with van der Waals surface area (Å²) < 4.78 is 5.74. The number of para-hydroxylation sites is 1. The maximum Gasteiger partial charge on any atom is 0.128 e. The Balaban J connectivity index is 1.78. The Morgan fingerprint density at radius 1 is 1.11 bits per heavy atom. The number of aryl methyl sites for hydroxylation is 1. The number of ether oxygens (including phenoxy) is 1. The zero-order valence-corrected chi connectivity index (χ0v) is 10.8. The highest BCUT2D eigenvalue weighted by molar-refractivity contribution is 5.90. The third-order valence-electron chi connectivity index (χ3n) is 3.16. The van der Waals surface area contributed by atoms with Gasteiger partial charge in [-0.2, -0.15) is 0 Å². The first kappa shape index (κ1) is 11.7. The standard InChI is InChI=1S/C16H16N2O/c1-11-5-7-14(8-6-11)19-10-13-9-12-3-2-4-15(17)16(12)18-13/h2-9,18H,10,17H2,1H3. The summed E-state index contributed by atoms with van der Waals surface area (Å²) >= 11 is 0. The van der Waals surface area contributed by atoms with Crippen LogP contribution in [0.5, 0.6) is 5.75 Å². The first-order valence-corrected chi connectivity index (χ1v) is 6.28. The molecule has 0 saturated carbocycles. The molecule has 0 unspecified atom stereocenters. The Bertz CT molecular complexity index is 698. The highest BCUT2D eigenvalue weighted by Crippen LogP contribution is 2.22. The minimum atomic E-state index is 0.511. The van der Waals surface area contributed by atoms with Gasteiger partial charge in [0.2, 0.25) is 0 Å². The summed E-state index contributed by atoms with van der Waals surface area (Å²) in [6.07, 6.45) is 0. The summed E-state index contributed by atoms with van der Waals surface area (Å²) in [5.41, 5.74) is 9.91. The van der Waals surface area contributed by atoms with E-state index in [2.05, 4.69) is 18.0 Å². The predicted molar refractivity (Wildman–Crippen MR) is 78.2 cm³/mol. The summed E-state index contributed by atoms with van der Waals surface area (Å²) in [6.45, 7) is 2.57. The second-order valence-corrected chi connectivity index (χ2v) is 4.71. The number of aromatic nitrogens is 1. The van der Waals surface area contributed by atoms with Crippen LogP contribution in [0.2, 0.25) is 0 Å². The van der Waals surface area contributed by atoms with E-state index in [1.807, 2.05) is 42.5 Å².